The molecule has 2 N–H and O–H groups in total. The molecular formula is C22H22N2O4S. The monoisotopic (exact) mass is 410 g/mol. The zero-order valence-electron chi connectivity index (χ0n) is 16.3. The van der Waals surface area contributed by atoms with Crippen LogP contribution in [0, 0.1) is 0 Å². The minimum Gasteiger partial charge on any atom is -0.493 e. The largest absolute Gasteiger partial charge is 0.493 e. The second-order valence-corrected chi connectivity index (χ2v) is 8.04. The quantitative estimate of drug-likeness (QED) is 0.696. The summed E-state index contributed by atoms with van der Waals surface area (Å²) in [5, 5.41) is 1.05. The summed E-state index contributed by atoms with van der Waals surface area (Å²) in [7, 11) is 3.07. The summed E-state index contributed by atoms with van der Waals surface area (Å²) in [6, 6.07) is 13.2. The first-order valence-electron chi connectivity index (χ1n) is 9.36. The van der Waals surface area contributed by atoms with Crippen LogP contribution in [0.4, 0.5) is 0 Å². The third-order valence-corrected chi connectivity index (χ3v) is 6.58. The number of fused-ring (bicyclic) bond motifs is 1. The van der Waals surface area contributed by atoms with Crippen LogP contribution in [-0.4, -0.2) is 44.0 Å². The highest BCUT2D eigenvalue weighted by molar-refractivity contribution is 7.21. The molecule has 0 aliphatic carbocycles. The third-order valence-electron chi connectivity index (χ3n) is 5.37. The molecule has 1 saturated heterocycles. The zero-order chi connectivity index (χ0) is 20.5. The van der Waals surface area contributed by atoms with Gasteiger partial charge in [0.2, 0.25) is 0 Å². The molecule has 1 fully saturated rings. The second kappa shape index (κ2) is 7.75. The van der Waals surface area contributed by atoms with Gasteiger partial charge in [-0.15, -0.1) is 11.3 Å². The van der Waals surface area contributed by atoms with Crippen molar-refractivity contribution in [1.29, 1.82) is 0 Å². The molecule has 0 unspecified atom stereocenters. The molecule has 2 amide bonds. The van der Waals surface area contributed by atoms with Crippen molar-refractivity contribution in [2.24, 2.45) is 5.73 Å². The van der Waals surface area contributed by atoms with Gasteiger partial charge >= 0.3 is 0 Å². The lowest BCUT2D eigenvalue weighted by Crippen LogP contribution is -2.29. The Kier molecular flexibility index (Phi) is 5.15. The van der Waals surface area contributed by atoms with Crippen molar-refractivity contribution < 1.29 is 19.1 Å². The van der Waals surface area contributed by atoms with Crippen LogP contribution in [0.1, 0.15) is 37.9 Å². The lowest BCUT2D eigenvalue weighted by molar-refractivity contribution is 0.0786. The Morgan fingerprint density at radius 2 is 1.90 bits per heavy atom. The van der Waals surface area contributed by atoms with Crippen LogP contribution in [0.15, 0.2) is 42.5 Å². The number of likely N-dealkylation sites (tertiary alicyclic amines) is 1. The molecule has 3 aromatic rings. The average Bonchev–Trinajstić information content (AvgIpc) is 3.37. The fourth-order valence-corrected chi connectivity index (χ4v) is 5.20. The number of carbonyl (C=O) groups is 2. The number of hydrogen-bond acceptors (Lipinski definition) is 5. The number of para-hydroxylation sites is 1. The van der Waals surface area contributed by atoms with E-state index in [4.69, 9.17) is 15.2 Å². The van der Waals surface area contributed by atoms with Crippen molar-refractivity contribution in [2.75, 3.05) is 27.3 Å². The number of hydrogen-bond donors (Lipinski definition) is 1. The zero-order valence-corrected chi connectivity index (χ0v) is 17.1. The summed E-state index contributed by atoms with van der Waals surface area (Å²) >= 11 is 1.42. The van der Waals surface area contributed by atoms with Crippen LogP contribution in [-0.2, 0) is 0 Å². The molecule has 150 valence electrons. The minimum absolute atomic E-state index is 0.0641. The Morgan fingerprint density at radius 1 is 1.10 bits per heavy atom. The van der Waals surface area contributed by atoms with E-state index >= 15 is 0 Å². The predicted molar refractivity (Wildman–Crippen MR) is 113 cm³/mol. The van der Waals surface area contributed by atoms with Gasteiger partial charge < -0.3 is 20.1 Å². The van der Waals surface area contributed by atoms with E-state index in [9.17, 15) is 9.59 Å². The molecule has 0 saturated carbocycles. The molecule has 1 aliphatic heterocycles. The van der Waals surface area contributed by atoms with Crippen molar-refractivity contribution in [3.8, 4) is 11.5 Å². The Labute approximate surface area is 172 Å². The number of amides is 2. The molecule has 1 aromatic heterocycles. The van der Waals surface area contributed by atoms with Gasteiger partial charge in [0.15, 0.2) is 11.5 Å². The molecule has 1 atom stereocenters. The normalized spacial score (nSPS) is 16.2. The van der Waals surface area contributed by atoms with Gasteiger partial charge in [0, 0.05) is 23.7 Å². The highest BCUT2D eigenvalue weighted by Crippen LogP contribution is 2.41. The second-order valence-electron chi connectivity index (χ2n) is 6.98. The number of rotatable bonds is 5. The Hall–Kier alpha value is -3.06. The molecule has 4 rings (SSSR count). The fourth-order valence-electron chi connectivity index (χ4n) is 4.06. The molecule has 2 heterocycles. The van der Waals surface area contributed by atoms with E-state index in [0.29, 0.717) is 35.0 Å². The number of benzene rings is 2. The Morgan fingerprint density at radius 3 is 2.62 bits per heavy atom. The summed E-state index contributed by atoms with van der Waals surface area (Å²) < 4.78 is 11.8. The first-order chi connectivity index (χ1) is 14.0. The molecule has 2 aromatic carbocycles. The molecule has 7 heteroatoms. The van der Waals surface area contributed by atoms with Crippen molar-refractivity contribution in [3.63, 3.8) is 0 Å². The summed E-state index contributed by atoms with van der Waals surface area (Å²) in [5.41, 5.74) is 7.10. The Bertz CT molecular complexity index is 1090. The number of thiophene rings is 1. The molecule has 0 spiro atoms. The number of methoxy groups -OCH3 is 2. The topological polar surface area (TPSA) is 81.9 Å². The highest BCUT2D eigenvalue weighted by Gasteiger charge is 2.33. The number of carbonyl (C=O) groups excluding carboxylic acids is 2. The van der Waals surface area contributed by atoms with Crippen molar-refractivity contribution >= 4 is 33.2 Å². The van der Waals surface area contributed by atoms with E-state index in [1.54, 1.807) is 30.2 Å². The summed E-state index contributed by atoms with van der Waals surface area (Å²) in [4.78, 5) is 27.6. The maximum atomic E-state index is 13.2. The predicted octanol–water partition coefficient (Wildman–Crippen LogP) is 3.65. The van der Waals surface area contributed by atoms with Crippen LogP contribution in [0.25, 0.3) is 10.1 Å². The number of nitrogens with zero attached hydrogens (tertiary/aromatic N) is 1. The summed E-state index contributed by atoms with van der Waals surface area (Å²) in [6.07, 6.45) is 0.777. The van der Waals surface area contributed by atoms with Gasteiger partial charge in [-0.1, -0.05) is 24.3 Å². The minimum atomic E-state index is -0.416. The first kappa shape index (κ1) is 19.3. The van der Waals surface area contributed by atoms with E-state index in [2.05, 4.69) is 0 Å². The Balaban J connectivity index is 1.66. The average molecular weight is 410 g/mol. The van der Waals surface area contributed by atoms with Gasteiger partial charge in [-0.05, 0) is 35.6 Å². The van der Waals surface area contributed by atoms with Crippen LogP contribution >= 0.6 is 11.3 Å². The molecule has 1 aliphatic rings. The van der Waals surface area contributed by atoms with Crippen LogP contribution in [0.3, 0.4) is 0 Å². The molecular weight excluding hydrogens is 388 g/mol. The molecule has 6 nitrogen and oxygen atoms in total. The maximum absolute atomic E-state index is 13.2. The third kappa shape index (κ3) is 3.31. The lowest BCUT2D eigenvalue weighted by atomic mass is 9.95. The van der Waals surface area contributed by atoms with Crippen LogP contribution in [0.2, 0.25) is 0 Å². The molecule has 29 heavy (non-hydrogen) atoms. The van der Waals surface area contributed by atoms with E-state index in [1.165, 1.54) is 18.4 Å². The number of primary amides is 1. The van der Waals surface area contributed by atoms with Crippen molar-refractivity contribution in [1.82, 2.24) is 4.90 Å². The van der Waals surface area contributed by atoms with Gasteiger partial charge in [-0.25, -0.2) is 0 Å². The molecule has 0 radical (unpaired) electrons. The van der Waals surface area contributed by atoms with Gasteiger partial charge in [0.05, 0.1) is 24.7 Å². The van der Waals surface area contributed by atoms with Crippen LogP contribution < -0.4 is 15.2 Å². The van der Waals surface area contributed by atoms with Gasteiger partial charge in [0.25, 0.3) is 11.8 Å². The number of nitrogens with two attached hydrogens (primary N) is 1. The summed E-state index contributed by atoms with van der Waals surface area (Å²) in [5.74, 6) is 0.495. The van der Waals surface area contributed by atoms with Gasteiger partial charge in [0.1, 0.15) is 0 Å². The lowest BCUT2D eigenvalue weighted by Gasteiger charge is -2.19. The van der Waals surface area contributed by atoms with Crippen molar-refractivity contribution in [2.45, 2.75) is 12.3 Å². The maximum Gasteiger partial charge on any atom is 0.259 e. The number of ether oxygens (including phenoxy) is 2. The summed E-state index contributed by atoms with van der Waals surface area (Å²) in [6.45, 7) is 1.13. The van der Waals surface area contributed by atoms with E-state index in [1.807, 2.05) is 24.3 Å². The van der Waals surface area contributed by atoms with Gasteiger partial charge in [-0.2, -0.15) is 0 Å². The van der Waals surface area contributed by atoms with Crippen LogP contribution in [0.5, 0.6) is 11.5 Å². The van der Waals surface area contributed by atoms with E-state index in [-0.39, 0.29) is 11.8 Å². The SMILES string of the molecule is COc1cccc(C(=O)N2CC[C@@H](c3c(C(N)=O)sc4ccccc34)C2)c1OC. The first-order valence-corrected chi connectivity index (χ1v) is 10.2. The highest BCUT2D eigenvalue weighted by atomic mass is 32.1. The van der Waals surface area contributed by atoms with Crippen molar-refractivity contribution in [3.05, 3.63) is 58.5 Å². The van der Waals surface area contributed by atoms with E-state index < -0.39 is 5.91 Å². The smallest absolute Gasteiger partial charge is 0.259 e. The van der Waals surface area contributed by atoms with E-state index in [0.717, 1.165) is 22.1 Å². The molecule has 0 bridgehead atoms. The standard InChI is InChI=1S/C22H22N2O4S/c1-27-16-8-5-7-15(19(16)28-2)22(26)24-11-10-13(12-24)18-14-6-3-4-9-17(14)29-20(18)21(23)25/h3-9,13H,10-12H2,1-2H3,(H2,23,25)/t13-/m1/s1. The van der Waals surface area contributed by atoms with Gasteiger partial charge in [-0.3, -0.25) is 9.59 Å². The fraction of sp³-hybridized carbons (Fsp3) is 0.273.